The number of carbonyl (C=O) groups excluding carboxylic acids is 2. The molecule has 3 aromatic carbocycles. The average molecular weight is 638 g/mol. The second-order valence-electron chi connectivity index (χ2n) is 12.6. The number of nitrogens with zero attached hydrogens (tertiary/aromatic N) is 2. The Balaban J connectivity index is 1.57. The number of alkyl halides is 3. The number of nitrogens with one attached hydrogen (secondary N) is 1. The molecule has 0 aliphatic carbocycles. The molecule has 0 radical (unpaired) electrons. The number of hydrazone groups is 1. The zero-order valence-corrected chi connectivity index (χ0v) is 26.4. The lowest BCUT2D eigenvalue weighted by Crippen LogP contribution is -2.36. The molecule has 4 rings (SSSR count). The molecule has 3 unspecified atom stereocenters. The van der Waals surface area contributed by atoms with Crippen molar-refractivity contribution >= 4 is 29.4 Å². The highest BCUT2D eigenvalue weighted by atomic mass is 19.4. The molecule has 0 saturated heterocycles. The highest BCUT2D eigenvalue weighted by Crippen LogP contribution is 2.39. The van der Waals surface area contributed by atoms with E-state index in [0.29, 0.717) is 27.9 Å². The summed E-state index contributed by atoms with van der Waals surface area (Å²) in [4.78, 5) is 38.0. The minimum Gasteiger partial charge on any atom is -0.481 e. The molecule has 244 valence electrons. The number of ether oxygens (including phenoxy) is 1. The van der Waals surface area contributed by atoms with Gasteiger partial charge in [-0.25, -0.2) is 5.01 Å². The number of carbonyl (C=O) groups is 3. The van der Waals surface area contributed by atoms with E-state index in [4.69, 9.17) is 4.74 Å². The number of amides is 2. The molecule has 8 nitrogen and oxygen atoms in total. The van der Waals surface area contributed by atoms with Gasteiger partial charge in [0, 0.05) is 11.3 Å². The van der Waals surface area contributed by atoms with Gasteiger partial charge in [0.2, 0.25) is 11.8 Å². The Morgan fingerprint density at radius 2 is 1.65 bits per heavy atom. The van der Waals surface area contributed by atoms with Crippen molar-refractivity contribution in [1.29, 1.82) is 0 Å². The minimum atomic E-state index is -4.66. The Morgan fingerprint density at radius 1 is 1.00 bits per heavy atom. The first kappa shape index (κ1) is 34.2. The Bertz CT molecular complexity index is 1600. The van der Waals surface area contributed by atoms with E-state index in [-0.39, 0.29) is 36.9 Å². The summed E-state index contributed by atoms with van der Waals surface area (Å²) < 4.78 is 47.6. The van der Waals surface area contributed by atoms with Crippen molar-refractivity contribution in [1.82, 2.24) is 5.01 Å². The highest BCUT2D eigenvalue weighted by molar-refractivity contribution is 5.98. The Kier molecular flexibility index (Phi) is 10.2. The number of aliphatic carboxylic acids is 1. The lowest BCUT2D eigenvalue weighted by atomic mass is 9.76. The van der Waals surface area contributed by atoms with E-state index in [0.717, 1.165) is 6.92 Å². The van der Waals surface area contributed by atoms with Crippen LogP contribution in [-0.4, -0.2) is 46.6 Å². The Labute approximate surface area is 266 Å². The number of anilines is 1. The van der Waals surface area contributed by atoms with Crippen LogP contribution in [0.25, 0.3) is 0 Å². The SMILES string of the molecule is Cc1c(CC(C(=O)O)C(C)(C)C)cccc1NC(=O)C(c1ccc(CN2N=C(c3ccccc3)OCC2=O)cc1)C(C)C(F)(F)F. The number of carboxylic acids is 1. The van der Waals surface area contributed by atoms with Gasteiger partial charge in [0.15, 0.2) is 6.61 Å². The van der Waals surface area contributed by atoms with Gasteiger partial charge in [0.25, 0.3) is 5.91 Å². The summed E-state index contributed by atoms with van der Waals surface area (Å²) in [6.07, 6.45) is -4.47. The molecule has 0 saturated carbocycles. The van der Waals surface area contributed by atoms with Crippen molar-refractivity contribution < 1.29 is 37.4 Å². The lowest BCUT2D eigenvalue weighted by molar-refractivity contribution is -0.178. The first-order valence-electron chi connectivity index (χ1n) is 14.9. The van der Waals surface area contributed by atoms with E-state index in [1.54, 1.807) is 49.4 Å². The molecule has 0 spiro atoms. The average Bonchev–Trinajstić information content (AvgIpc) is 2.98. The molecular formula is C35H38F3N3O5. The summed E-state index contributed by atoms with van der Waals surface area (Å²) in [5.41, 5.74) is 2.50. The van der Waals surface area contributed by atoms with Gasteiger partial charge in [-0.05, 0) is 59.2 Å². The van der Waals surface area contributed by atoms with E-state index in [2.05, 4.69) is 10.4 Å². The van der Waals surface area contributed by atoms with E-state index in [1.165, 1.54) is 17.1 Å². The van der Waals surface area contributed by atoms with Crippen molar-refractivity contribution in [2.75, 3.05) is 11.9 Å². The summed E-state index contributed by atoms with van der Waals surface area (Å²) in [7, 11) is 0. The molecule has 1 heterocycles. The van der Waals surface area contributed by atoms with Gasteiger partial charge in [-0.3, -0.25) is 14.4 Å². The molecule has 0 bridgehead atoms. The van der Waals surface area contributed by atoms with Crippen LogP contribution in [0.1, 0.15) is 61.4 Å². The maximum absolute atomic E-state index is 14.1. The maximum atomic E-state index is 14.1. The van der Waals surface area contributed by atoms with Crippen LogP contribution < -0.4 is 5.32 Å². The summed E-state index contributed by atoms with van der Waals surface area (Å²) in [6.45, 7) is 8.02. The molecule has 11 heteroatoms. The molecular weight excluding hydrogens is 599 g/mol. The largest absolute Gasteiger partial charge is 0.481 e. The standard InChI is InChI=1S/C35H38F3N3O5/c1-21-26(18-27(33(44)45)34(3,4)5)12-9-13-28(21)39-31(43)30(22(2)35(36,37)38)24-16-14-23(15-17-24)19-41-29(42)20-46-32(40-41)25-10-7-6-8-11-25/h6-17,22,27,30H,18-20H2,1-5H3,(H,39,43)(H,44,45). The topological polar surface area (TPSA) is 108 Å². The van der Waals surface area contributed by atoms with Gasteiger partial charge < -0.3 is 15.2 Å². The second kappa shape index (κ2) is 13.8. The van der Waals surface area contributed by atoms with E-state index >= 15 is 0 Å². The molecule has 46 heavy (non-hydrogen) atoms. The van der Waals surface area contributed by atoms with Crippen molar-refractivity contribution in [3.63, 3.8) is 0 Å². The fourth-order valence-electron chi connectivity index (χ4n) is 5.34. The predicted octanol–water partition coefficient (Wildman–Crippen LogP) is 6.93. The Morgan fingerprint density at radius 3 is 2.24 bits per heavy atom. The maximum Gasteiger partial charge on any atom is 0.392 e. The molecule has 1 aliphatic heterocycles. The normalized spacial score (nSPS) is 15.8. The van der Waals surface area contributed by atoms with Crippen molar-refractivity contribution in [3.05, 3.63) is 101 Å². The number of hydrogen-bond acceptors (Lipinski definition) is 5. The molecule has 3 aromatic rings. The quantitative estimate of drug-likeness (QED) is 0.251. The van der Waals surface area contributed by atoms with Gasteiger partial charge in [-0.1, -0.05) is 82.3 Å². The smallest absolute Gasteiger partial charge is 0.392 e. The van der Waals surface area contributed by atoms with Crippen molar-refractivity contribution in [3.8, 4) is 0 Å². The first-order valence-corrected chi connectivity index (χ1v) is 14.9. The summed E-state index contributed by atoms with van der Waals surface area (Å²) in [5.74, 6) is -6.19. The molecule has 3 atom stereocenters. The summed E-state index contributed by atoms with van der Waals surface area (Å²) in [6, 6.07) is 20.1. The number of hydrogen-bond donors (Lipinski definition) is 2. The zero-order chi connectivity index (χ0) is 33.8. The van der Waals surface area contributed by atoms with Crippen LogP contribution in [0.2, 0.25) is 0 Å². The van der Waals surface area contributed by atoms with Gasteiger partial charge >= 0.3 is 12.1 Å². The van der Waals surface area contributed by atoms with Crippen LogP contribution in [0.4, 0.5) is 18.9 Å². The van der Waals surface area contributed by atoms with Crippen LogP contribution in [0.3, 0.4) is 0 Å². The second-order valence-corrected chi connectivity index (χ2v) is 12.6. The monoisotopic (exact) mass is 637 g/mol. The predicted molar refractivity (Wildman–Crippen MR) is 168 cm³/mol. The third-order valence-corrected chi connectivity index (χ3v) is 8.29. The third-order valence-electron chi connectivity index (χ3n) is 8.29. The molecule has 0 fully saturated rings. The fraction of sp³-hybridized carbons (Fsp3) is 0.371. The summed E-state index contributed by atoms with van der Waals surface area (Å²) in [5, 5.41) is 18.0. The van der Waals surface area contributed by atoms with Gasteiger partial charge in [0.1, 0.15) is 0 Å². The lowest BCUT2D eigenvalue weighted by Gasteiger charge is -2.28. The van der Waals surface area contributed by atoms with Crippen LogP contribution in [0.5, 0.6) is 0 Å². The van der Waals surface area contributed by atoms with Crippen molar-refractivity contribution in [2.45, 2.75) is 59.7 Å². The van der Waals surface area contributed by atoms with Crippen LogP contribution in [-0.2, 0) is 32.1 Å². The minimum absolute atomic E-state index is 0.0579. The highest BCUT2D eigenvalue weighted by Gasteiger charge is 2.45. The number of halogens is 3. The first-order chi connectivity index (χ1) is 21.6. The number of carboxylic acid groups (broad SMARTS) is 1. The number of rotatable bonds is 10. The third kappa shape index (κ3) is 8.13. The van der Waals surface area contributed by atoms with E-state index < -0.39 is 41.2 Å². The molecule has 2 N–H and O–H groups in total. The van der Waals surface area contributed by atoms with Gasteiger partial charge in [0.05, 0.1) is 24.3 Å². The summed E-state index contributed by atoms with van der Waals surface area (Å²) >= 11 is 0. The van der Waals surface area contributed by atoms with Crippen LogP contribution in [0.15, 0.2) is 77.9 Å². The van der Waals surface area contributed by atoms with E-state index in [9.17, 15) is 32.7 Å². The van der Waals surface area contributed by atoms with Crippen molar-refractivity contribution in [2.24, 2.45) is 22.4 Å². The van der Waals surface area contributed by atoms with Crippen LogP contribution >= 0.6 is 0 Å². The zero-order valence-electron chi connectivity index (χ0n) is 26.4. The molecule has 0 aromatic heterocycles. The molecule has 1 aliphatic rings. The molecule has 2 amide bonds. The Hall–Kier alpha value is -4.67. The van der Waals surface area contributed by atoms with Crippen LogP contribution in [0, 0.1) is 24.2 Å². The van der Waals surface area contributed by atoms with E-state index in [1.807, 2.05) is 39.0 Å². The van der Waals surface area contributed by atoms with Gasteiger partial charge in [-0.2, -0.15) is 13.2 Å². The van der Waals surface area contributed by atoms with Gasteiger partial charge in [-0.15, -0.1) is 5.10 Å². The fourth-order valence-corrected chi connectivity index (χ4v) is 5.34. The number of benzene rings is 3.